The van der Waals surface area contributed by atoms with Gasteiger partial charge in [0.25, 0.3) is 0 Å². The smallest absolute Gasteiger partial charge is 0.246 e. The molecule has 1 N–H and O–H groups in total. The molecule has 0 bridgehead atoms. The summed E-state index contributed by atoms with van der Waals surface area (Å²) in [4.78, 5) is 33.2. The first kappa shape index (κ1) is 35.0. The number of rotatable bonds is 10. The van der Waals surface area contributed by atoms with Gasteiger partial charge >= 0.3 is 0 Å². The van der Waals surface area contributed by atoms with E-state index in [0.29, 0.717) is 50.2 Å². The zero-order valence-electron chi connectivity index (χ0n) is 28.9. The Morgan fingerprint density at radius 3 is 2.57 bits per heavy atom. The highest BCUT2D eigenvalue weighted by Gasteiger charge is 2.35. The topological polar surface area (TPSA) is 121 Å². The summed E-state index contributed by atoms with van der Waals surface area (Å²) >= 11 is 0. The van der Waals surface area contributed by atoms with Crippen LogP contribution < -0.4 is 15.1 Å². The fraction of sp³-hybridized carbons (Fsp3) is 0.556. The summed E-state index contributed by atoms with van der Waals surface area (Å²) in [5.74, 6) is 1.87. The van der Waals surface area contributed by atoms with Gasteiger partial charge in [-0.3, -0.25) is 4.79 Å². The Balaban J connectivity index is 1.40. The van der Waals surface area contributed by atoms with Crippen LogP contribution in [0.3, 0.4) is 0 Å². The lowest BCUT2D eigenvalue weighted by Crippen LogP contribution is -2.49. The monoisotopic (exact) mass is 693 g/mol. The number of ether oxygens (including phenoxy) is 1. The van der Waals surface area contributed by atoms with E-state index in [1.165, 1.54) is 19.4 Å². The van der Waals surface area contributed by atoms with Gasteiger partial charge in [0, 0.05) is 68.9 Å². The van der Waals surface area contributed by atoms with Crippen LogP contribution in [0.4, 0.5) is 27.7 Å². The first-order valence-corrected chi connectivity index (χ1v) is 19.4. The first-order chi connectivity index (χ1) is 23.5. The van der Waals surface area contributed by atoms with Crippen molar-refractivity contribution in [2.45, 2.75) is 70.2 Å². The fourth-order valence-corrected chi connectivity index (χ4v) is 8.80. The second kappa shape index (κ2) is 14.6. The van der Waals surface area contributed by atoms with Crippen LogP contribution >= 0.6 is 0 Å². The lowest BCUT2D eigenvalue weighted by Gasteiger charge is -2.42. The molecule has 3 aliphatic heterocycles. The molecule has 0 unspecified atom stereocenters. The zero-order chi connectivity index (χ0) is 34.9. The number of aromatic nitrogens is 3. The Morgan fingerprint density at radius 1 is 1.08 bits per heavy atom. The molecule has 1 aromatic carbocycles. The van der Waals surface area contributed by atoms with Crippen LogP contribution in [0.25, 0.3) is 10.8 Å². The number of piperidine rings is 1. The third-order valence-corrected chi connectivity index (χ3v) is 11.1. The average molecular weight is 694 g/mol. The van der Waals surface area contributed by atoms with Crippen molar-refractivity contribution in [3.8, 4) is 0 Å². The molecule has 0 spiro atoms. The van der Waals surface area contributed by atoms with E-state index in [-0.39, 0.29) is 36.1 Å². The number of hydrogen-bond acceptors (Lipinski definition) is 10. The molecule has 13 heteroatoms. The molecule has 264 valence electrons. The van der Waals surface area contributed by atoms with Crippen LogP contribution in [0.15, 0.2) is 43.2 Å². The maximum Gasteiger partial charge on any atom is 0.246 e. The van der Waals surface area contributed by atoms with Crippen LogP contribution in [0, 0.1) is 5.92 Å². The Bertz CT molecular complexity index is 1800. The molecule has 3 fully saturated rings. The zero-order valence-corrected chi connectivity index (χ0v) is 29.8. The van der Waals surface area contributed by atoms with E-state index in [1.54, 1.807) is 12.3 Å². The second-order valence-electron chi connectivity index (χ2n) is 14.0. The van der Waals surface area contributed by atoms with Crippen molar-refractivity contribution >= 4 is 49.8 Å². The molecule has 0 aliphatic carbocycles. The molecule has 1 amide bonds. The lowest BCUT2D eigenvalue weighted by atomic mass is 9.84. The minimum absolute atomic E-state index is 0.0591. The minimum Gasteiger partial charge on any atom is -0.378 e. The summed E-state index contributed by atoms with van der Waals surface area (Å²) in [6.07, 6.45) is 9.10. The van der Waals surface area contributed by atoms with Crippen LogP contribution in [0.2, 0.25) is 0 Å². The summed E-state index contributed by atoms with van der Waals surface area (Å²) in [5, 5.41) is 5.36. The Morgan fingerprint density at radius 2 is 1.88 bits per heavy atom. The third-order valence-electron chi connectivity index (χ3n) is 10.0. The fourth-order valence-electron chi connectivity index (χ4n) is 7.74. The number of anilines is 4. The number of benzene rings is 1. The normalized spacial score (nSPS) is 22.2. The molecule has 3 atom stereocenters. The van der Waals surface area contributed by atoms with Gasteiger partial charge < -0.3 is 24.8 Å². The van der Waals surface area contributed by atoms with Crippen molar-refractivity contribution in [2.75, 3.05) is 67.0 Å². The minimum atomic E-state index is -3.09. The molecule has 11 nitrogen and oxygen atoms in total. The highest BCUT2D eigenvalue weighted by molar-refractivity contribution is 7.90. The van der Waals surface area contributed by atoms with Crippen molar-refractivity contribution in [1.29, 1.82) is 0 Å². The molecule has 3 aliphatic rings. The van der Waals surface area contributed by atoms with Crippen LogP contribution in [0.1, 0.15) is 69.0 Å². The Kier molecular flexibility index (Phi) is 10.4. The van der Waals surface area contributed by atoms with Crippen LogP contribution in [-0.2, 0) is 19.4 Å². The highest BCUT2D eigenvalue weighted by atomic mass is 32.2. The largest absolute Gasteiger partial charge is 0.378 e. The second-order valence-corrected chi connectivity index (χ2v) is 16.2. The van der Waals surface area contributed by atoms with E-state index in [1.807, 2.05) is 22.1 Å². The van der Waals surface area contributed by atoms with Crippen molar-refractivity contribution in [3.05, 3.63) is 54.4 Å². The van der Waals surface area contributed by atoms with Crippen molar-refractivity contribution < 1.29 is 22.3 Å². The van der Waals surface area contributed by atoms with E-state index >= 15 is 0 Å². The molecule has 3 aromatic rings. The number of nitrogens with one attached hydrogen (secondary N) is 1. The van der Waals surface area contributed by atoms with Crippen LogP contribution in [-0.4, -0.2) is 98.3 Å². The number of sulfone groups is 1. The maximum atomic E-state index is 14.7. The summed E-state index contributed by atoms with van der Waals surface area (Å²) in [6, 6.07) is 5.93. The van der Waals surface area contributed by atoms with Gasteiger partial charge in [0.1, 0.15) is 27.6 Å². The molecule has 49 heavy (non-hydrogen) atoms. The number of methoxy groups -OCH3 is 1. The number of amides is 1. The highest BCUT2D eigenvalue weighted by Crippen LogP contribution is 2.44. The van der Waals surface area contributed by atoms with Gasteiger partial charge in [-0.2, -0.15) is 4.98 Å². The van der Waals surface area contributed by atoms with E-state index in [4.69, 9.17) is 14.7 Å². The maximum absolute atomic E-state index is 14.7. The SMILES string of the molecule is C=CC(=O)N1CCCCC[C@H]1c1cc(N2CC(CS(C)(=O)=O)C2)c2cnc(Nc3ccnc(N4CC[C@H](OC)[C@H](F)C4)n3)cc2c1C(C)C. The van der Waals surface area contributed by atoms with Crippen molar-refractivity contribution in [1.82, 2.24) is 19.9 Å². The van der Waals surface area contributed by atoms with Gasteiger partial charge in [0.15, 0.2) is 0 Å². The molecular formula is C36H48FN7O4S. The van der Waals surface area contributed by atoms with Gasteiger partial charge in [-0.05, 0) is 66.0 Å². The first-order valence-electron chi connectivity index (χ1n) is 17.3. The molecule has 0 radical (unpaired) electrons. The number of halogens is 1. The van der Waals surface area contributed by atoms with Gasteiger partial charge in [0.05, 0.1) is 24.4 Å². The van der Waals surface area contributed by atoms with Crippen molar-refractivity contribution in [3.63, 3.8) is 0 Å². The summed E-state index contributed by atoms with van der Waals surface area (Å²) < 4.78 is 44.1. The summed E-state index contributed by atoms with van der Waals surface area (Å²) in [5.41, 5.74) is 3.27. The van der Waals surface area contributed by atoms with E-state index < -0.39 is 22.1 Å². The Labute approximate surface area is 288 Å². The van der Waals surface area contributed by atoms with Crippen molar-refractivity contribution in [2.24, 2.45) is 5.92 Å². The third kappa shape index (κ3) is 7.67. The summed E-state index contributed by atoms with van der Waals surface area (Å²) in [6.45, 7) is 10.8. The quantitative estimate of drug-likeness (QED) is 0.270. The Hall–Kier alpha value is -3.84. The van der Waals surface area contributed by atoms with Gasteiger partial charge in [-0.15, -0.1) is 0 Å². The number of likely N-dealkylation sites (tertiary alicyclic amines) is 1. The number of nitrogens with zero attached hydrogens (tertiary/aromatic N) is 6. The van der Waals surface area contributed by atoms with E-state index in [0.717, 1.165) is 53.3 Å². The standard InChI is InChI=1S/C36H48FN7O4S/c1-6-34(45)44-14-9-7-8-10-29(44)26-16-30(43-19-24(20-43)22-49(5,46)47)27-18-39-33(17-25(27)35(26)23(2)3)40-32-11-13-38-36(41-32)42-15-12-31(48-4)28(37)21-42/h6,11,13,16-18,23-24,28-29,31H,1,7-10,12,14-15,19-22H2,2-5H3,(H,38,39,40,41)/t28-,29+,31+/m1/s1. The van der Waals surface area contributed by atoms with Gasteiger partial charge in [0.2, 0.25) is 11.9 Å². The molecular weight excluding hydrogens is 646 g/mol. The average Bonchev–Trinajstić information content (AvgIpc) is 3.31. The predicted molar refractivity (Wildman–Crippen MR) is 192 cm³/mol. The number of alkyl halides is 1. The molecule has 5 heterocycles. The number of fused-ring (bicyclic) bond motifs is 1. The number of hydrogen-bond donors (Lipinski definition) is 1. The molecule has 0 saturated carbocycles. The van der Waals surface area contributed by atoms with E-state index in [2.05, 4.69) is 41.7 Å². The summed E-state index contributed by atoms with van der Waals surface area (Å²) in [7, 11) is -1.55. The number of carbonyl (C=O) groups excluding carboxylic acids is 1. The van der Waals surface area contributed by atoms with E-state index in [9.17, 15) is 17.6 Å². The molecule has 3 saturated heterocycles. The van der Waals surface area contributed by atoms with Crippen LogP contribution in [0.5, 0.6) is 0 Å². The number of carbonyl (C=O) groups is 1. The van der Waals surface area contributed by atoms with Gasteiger partial charge in [-0.1, -0.05) is 33.3 Å². The number of pyridine rings is 1. The molecule has 6 rings (SSSR count). The van der Waals surface area contributed by atoms with Gasteiger partial charge in [-0.25, -0.2) is 22.8 Å². The lowest BCUT2D eigenvalue weighted by molar-refractivity contribution is -0.128. The predicted octanol–water partition coefficient (Wildman–Crippen LogP) is 5.57. The molecule has 2 aromatic heterocycles.